The van der Waals surface area contributed by atoms with Gasteiger partial charge in [-0.05, 0) is 36.1 Å². The molecule has 26 heavy (non-hydrogen) atoms. The van der Waals surface area contributed by atoms with E-state index in [-0.39, 0.29) is 6.61 Å². The molecule has 0 saturated heterocycles. The molecule has 3 rings (SSSR count). The lowest BCUT2D eigenvalue weighted by atomic mass is 9.96. The van der Waals surface area contributed by atoms with Crippen LogP contribution in [0.4, 0.5) is 4.79 Å². The van der Waals surface area contributed by atoms with E-state index in [1.807, 2.05) is 30.3 Å². The van der Waals surface area contributed by atoms with E-state index < -0.39 is 17.5 Å². The van der Waals surface area contributed by atoms with Gasteiger partial charge in [0.25, 0.3) is 0 Å². The third kappa shape index (κ3) is 4.33. The van der Waals surface area contributed by atoms with Gasteiger partial charge in [0, 0.05) is 0 Å². The summed E-state index contributed by atoms with van der Waals surface area (Å²) in [6, 6.07) is 16.5. The number of hydrogen-bond donors (Lipinski definition) is 2. The molecule has 0 unspecified atom stereocenters. The van der Waals surface area contributed by atoms with Crippen LogP contribution >= 0.6 is 0 Å². The summed E-state index contributed by atoms with van der Waals surface area (Å²) in [5, 5.41) is 11.9. The van der Waals surface area contributed by atoms with Gasteiger partial charge in [-0.2, -0.15) is 0 Å². The number of alkyl carbamates (subject to hydrolysis) is 1. The number of carboxylic acids is 1. The Hall–Kier alpha value is -3.02. The third-order valence-corrected chi connectivity index (χ3v) is 4.42. The second-order valence-corrected chi connectivity index (χ2v) is 6.25. The van der Waals surface area contributed by atoms with Gasteiger partial charge in [-0.1, -0.05) is 42.5 Å². The molecule has 0 atom stereocenters. The van der Waals surface area contributed by atoms with E-state index >= 15 is 0 Å². The Bertz CT molecular complexity index is 754. The normalized spacial score (nSPS) is 14.3. The largest absolute Gasteiger partial charge is 0.492 e. The van der Waals surface area contributed by atoms with Crippen molar-refractivity contribution in [3.8, 4) is 5.75 Å². The molecule has 6 nitrogen and oxygen atoms in total. The predicted molar refractivity (Wildman–Crippen MR) is 95.1 cm³/mol. The van der Waals surface area contributed by atoms with Crippen LogP contribution in [0.15, 0.2) is 54.6 Å². The fourth-order valence-electron chi connectivity index (χ4n) is 2.72. The van der Waals surface area contributed by atoms with Crippen molar-refractivity contribution in [1.29, 1.82) is 0 Å². The van der Waals surface area contributed by atoms with Gasteiger partial charge < -0.3 is 19.9 Å². The van der Waals surface area contributed by atoms with Crippen molar-refractivity contribution in [1.82, 2.24) is 5.32 Å². The lowest BCUT2D eigenvalue weighted by Crippen LogP contribution is -2.28. The van der Waals surface area contributed by atoms with E-state index in [0.29, 0.717) is 31.7 Å². The molecular formula is C20H21NO5. The quantitative estimate of drug-likeness (QED) is 0.711. The van der Waals surface area contributed by atoms with E-state index in [2.05, 4.69) is 5.32 Å². The van der Waals surface area contributed by atoms with Crippen LogP contribution in [0.1, 0.15) is 24.0 Å². The zero-order valence-corrected chi connectivity index (χ0v) is 14.3. The van der Waals surface area contributed by atoms with Crippen molar-refractivity contribution in [2.24, 2.45) is 0 Å². The first-order chi connectivity index (χ1) is 12.6. The van der Waals surface area contributed by atoms with Crippen molar-refractivity contribution in [2.75, 3.05) is 13.2 Å². The van der Waals surface area contributed by atoms with Crippen molar-refractivity contribution < 1.29 is 24.2 Å². The molecule has 0 radical (unpaired) electrons. The number of rotatable bonds is 8. The van der Waals surface area contributed by atoms with Crippen LogP contribution < -0.4 is 10.1 Å². The maximum atomic E-state index is 11.6. The first-order valence-corrected chi connectivity index (χ1v) is 8.51. The van der Waals surface area contributed by atoms with Crippen LogP contribution in [0, 0.1) is 0 Å². The number of benzene rings is 2. The molecule has 0 aromatic heterocycles. The van der Waals surface area contributed by atoms with Gasteiger partial charge in [-0.25, -0.2) is 4.79 Å². The third-order valence-electron chi connectivity index (χ3n) is 4.42. The minimum Gasteiger partial charge on any atom is -0.492 e. The minimum absolute atomic E-state index is 0.223. The molecule has 1 fully saturated rings. The summed E-state index contributed by atoms with van der Waals surface area (Å²) in [5.74, 6) is -0.140. The maximum Gasteiger partial charge on any atom is 0.407 e. The van der Waals surface area contributed by atoms with Crippen LogP contribution in [0.3, 0.4) is 0 Å². The Balaban J connectivity index is 1.36. The van der Waals surface area contributed by atoms with E-state index in [1.54, 1.807) is 24.3 Å². The monoisotopic (exact) mass is 355 g/mol. The van der Waals surface area contributed by atoms with E-state index in [9.17, 15) is 14.7 Å². The Morgan fingerprint density at radius 2 is 1.73 bits per heavy atom. The summed E-state index contributed by atoms with van der Waals surface area (Å²) in [6.45, 7) is 0.832. The highest BCUT2D eigenvalue weighted by molar-refractivity contribution is 5.84. The number of carbonyl (C=O) groups is 2. The average Bonchev–Trinajstić information content (AvgIpc) is 3.47. The van der Waals surface area contributed by atoms with Gasteiger partial charge in [-0.15, -0.1) is 0 Å². The zero-order valence-electron chi connectivity index (χ0n) is 14.3. The molecule has 136 valence electrons. The van der Waals surface area contributed by atoms with E-state index in [4.69, 9.17) is 9.47 Å². The molecule has 0 aliphatic heterocycles. The topological polar surface area (TPSA) is 84.9 Å². The van der Waals surface area contributed by atoms with Crippen LogP contribution in [0.2, 0.25) is 0 Å². The highest BCUT2D eigenvalue weighted by Gasteiger charge is 2.51. The Labute approximate surface area is 151 Å². The predicted octanol–water partition coefficient (Wildman–Crippen LogP) is 3.11. The van der Waals surface area contributed by atoms with Crippen LogP contribution in [0.25, 0.3) is 0 Å². The molecule has 2 N–H and O–H groups in total. The summed E-state index contributed by atoms with van der Waals surface area (Å²) in [4.78, 5) is 22.9. The smallest absolute Gasteiger partial charge is 0.407 e. The van der Waals surface area contributed by atoms with Crippen LogP contribution in [0.5, 0.6) is 5.75 Å². The first kappa shape index (κ1) is 17.8. The summed E-state index contributed by atoms with van der Waals surface area (Å²) in [6.07, 6.45) is 0.861. The summed E-state index contributed by atoms with van der Waals surface area (Å²) in [5.41, 5.74) is 1.02. The Morgan fingerprint density at radius 1 is 1.04 bits per heavy atom. The zero-order chi connectivity index (χ0) is 18.4. The minimum atomic E-state index is -0.774. The molecule has 2 aromatic carbocycles. The number of aliphatic carboxylic acids is 1. The number of ether oxygens (including phenoxy) is 2. The van der Waals surface area contributed by atoms with Crippen molar-refractivity contribution in [3.05, 3.63) is 65.7 Å². The summed E-state index contributed by atoms with van der Waals surface area (Å²) >= 11 is 0. The first-order valence-electron chi connectivity index (χ1n) is 8.51. The van der Waals surface area contributed by atoms with Crippen LogP contribution in [-0.4, -0.2) is 30.3 Å². The molecule has 0 spiro atoms. The van der Waals surface area contributed by atoms with Crippen molar-refractivity contribution in [3.63, 3.8) is 0 Å². The number of hydrogen-bond acceptors (Lipinski definition) is 4. The summed E-state index contributed by atoms with van der Waals surface area (Å²) < 4.78 is 10.7. The summed E-state index contributed by atoms with van der Waals surface area (Å²) in [7, 11) is 0. The van der Waals surface area contributed by atoms with Crippen molar-refractivity contribution in [2.45, 2.75) is 24.9 Å². The van der Waals surface area contributed by atoms with E-state index in [0.717, 1.165) is 11.1 Å². The van der Waals surface area contributed by atoms with Crippen molar-refractivity contribution >= 4 is 12.1 Å². The second kappa shape index (κ2) is 7.91. The van der Waals surface area contributed by atoms with Gasteiger partial charge >= 0.3 is 12.1 Å². The Morgan fingerprint density at radius 3 is 2.35 bits per heavy atom. The fourth-order valence-corrected chi connectivity index (χ4v) is 2.72. The highest BCUT2D eigenvalue weighted by atomic mass is 16.5. The fraction of sp³-hybridized carbons (Fsp3) is 0.300. The maximum absolute atomic E-state index is 11.6. The second-order valence-electron chi connectivity index (χ2n) is 6.25. The van der Waals surface area contributed by atoms with Gasteiger partial charge in [-0.3, -0.25) is 4.79 Å². The average molecular weight is 355 g/mol. The molecule has 1 aliphatic carbocycles. The molecule has 0 bridgehead atoms. The SMILES string of the molecule is O=C(NCCOc1ccc(C2(C(=O)O)CC2)cc1)OCc1ccccc1. The lowest BCUT2D eigenvalue weighted by molar-refractivity contribution is -0.140. The van der Waals surface area contributed by atoms with Gasteiger partial charge in [0.2, 0.25) is 0 Å². The number of carboxylic acid groups (broad SMARTS) is 1. The number of nitrogens with one attached hydrogen (secondary N) is 1. The Kier molecular flexibility index (Phi) is 5.41. The molecule has 2 aromatic rings. The number of carbonyl (C=O) groups excluding carboxylic acids is 1. The molecule has 1 amide bonds. The standard InChI is InChI=1S/C20H21NO5/c22-18(23)20(10-11-20)16-6-8-17(9-7-16)25-13-12-21-19(24)26-14-15-4-2-1-3-5-15/h1-9H,10-14H2,(H,21,24)(H,22,23). The molecular weight excluding hydrogens is 334 g/mol. The molecule has 6 heteroatoms. The van der Waals surface area contributed by atoms with E-state index in [1.165, 1.54) is 0 Å². The van der Waals surface area contributed by atoms with Gasteiger partial charge in [0.1, 0.15) is 19.0 Å². The number of amides is 1. The van der Waals surface area contributed by atoms with Gasteiger partial charge in [0.05, 0.1) is 12.0 Å². The highest BCUT2D eigenvalue weighted by Crippen LogP contribution is 2.48. The lowest BCUT2D eigenvalue weighted by Gasteiger charge is -2.12. The molecule has 0 heterocycles. The van der Waals surface area contributed by atoms with Gasteiger partial charge in [0.15, 0.2) is 0 Å². The molecule has 1 aliphatic rings. The van der Waals surface area contributed by atoms with Crippen LogP contribution in [-0.2, 0) is 21.6 Å². The molecule has 1 saturated carbocycles.